The van der Waals surface area contributed by atoms with Crippen molar-refractivity contribution in [3.8, 4) is 23.3 Å². The van der Waals surface area contributed by atoms with Crippen LogP contribution in [0.15, 0.2) is 66.2 Å². The zero-order valence-corrected chi connectivity index (χ0v) is 19.0. The van der Waals surface area contributed by atoms with Crippen molar-refractivity contribution in [3.05, 3.63) is 93.0 Å². The number of hydrogen-bond donors (Lipinski definition) is 2. The van der Waals surface area contributed by atoms with Crippen LogP contribution in [0.2, 0.25) is 0 Å². The van der Waals surface area contributed by atoms with Gasteiger partial charge in [-0.1, -0.05) is 6.07 Å². The van der Waals surface area contributed by atoms with Gasteiger partial charge in [-0.2, -0.15) is 5.26 Å². The van der Waals surface area contributed by atoms with Gasteiger partial charge in [-0.05, 0) is 54.1 Å². The van der Waals surface area contributed by atoms with Crippen molar-refractivity contribution in [1.29, 1.82) is 5.26 Å². The smallest absolute Gasteiger partial charge is 0.311 e. The van der Waals surface area contributed by atoms with Gasteiger partial charge >= 0.3 is 5.69 Å². The molecule has 11 nitrogen and oxygen atoms in total. The molecule has 1 amide bonds. The van der Waals surface area contributed by atoms with Crippen molar-refractivity contribution in [3.63, 3.8) is 0 Å². The lowest BCUT2D eigenvalue weighted by molar-refractivity contribution is -0.385. The number of carbonyl (C=O) groups excluding carboxylic acids is 2. The number of aliphatic hydroxyl groups is 1. The maximum atomic E-state index is 13.3. The van der Waals surface area contributed by atoms with Gasteiger partial charge in [0, 0.05) is 17.3 Å². The third-order valence-corrected chi connectivity index (χ3v) is 6.05. The minimum atomic E-state index is -1.28. The number of carbonyl (C=O) groups is 2. The second-order valence-corrected chi connectivity index (χ2v) is 8.19. The second kappa shape index (κ2) is 9.01. The van der Waals surface area contributed by atoms with Crippen LogP contribution in [0, 0.1) is 21.4 Å². The summed E-state index contributed by atoms with van der Waals surface area (Å²) in [7, 11) is 0. The second-order valence-electron chi connectivity index (χ2n) is 8.19. The standard InChI is InChI=1S/C26H17N3O8/c27-13-14-1-5-17(6-2-14)28-23(15-3-7-19(30)18(11-15)29(34)35)22(25(32)26(28)33)24(31)16-4-8-20-21(12-16)37-10-9-36-20/h1-8,11-12,23,30-31H,9-10H2/b24-22+. The first-order valence-corrected chi connectivity index (χ1v) is 11.0. The van der Waals surface area contributed by atoms with Crippen LogP contribution < -0.4 is 14.4 Å². The summed E-state index contributed by atoms with van der Waals surface area (Å²) in [6, 6.07) is 14.5. The number of rotatable bonds is 4. The van der Waals surface area contributed by atoms with E-state index in [-0.39, 0.29) is 29.0 Å². The molecular formula is C26H17N3O8. The van der Waals surface area contributed by atoms with Crippen molar-refractivity contribution < 1.29 is 34.2 Å². The summed E-state index contributed by atoms with van der Waals surface area (Å²) < 4.78 is 11.0. The molecule has 0 aliphatic carbocycles. The molecule has 5 rings (SSSR count). The van der Waals surface area contributed by atoms with Gasteiger partial charge in [0.2, 0.25) is 0 Å². The summed E-state index contributed by atoms with van der Waals surface area (Å²) in [5.74, 6) is -2.33. The minimum Gasteiger partial charge on any atom is -0.507 e. The molecule has 184 valence electrons. The lowest BCUT2D eigenvalue weighted by atomic mass is 9.94. The topological polar surface area (TPSA) is 163 Å². The number of aliphatic hydroxyl groups excluding tert-OH is 1. The van der Waals surface area contributed by atoms with Gasteiger partial charge in [-0.15, -0.1) is 0 Å². The van der Waals surface area contributed by atoms with E-state index in [4.69, 9.17) is 14.7 Å². The van der Waals surface area contributed by atoms with Gasteiger partial charge in [0.15, 0.2) is 17.2 Å². The first-order valence-electron chi connectivity index (χ1n) is 11.0. The number of nitrogens with zero attached hydrogens (tertiary/aromatic N) is 3. The lowest BCUT2D eigenvalue weighted by Gasteiger charge is -2.25. The molecule has 37 heavy (non-hydrogen) atoms. The molecule has 1 unspecified atom stereocenters. The van der Waals surface area contributed by atoms with Crippen LogP contribution in [0.1, 0.15) is 22.7 Å². The number of amides is 1. The largest absolute Gasteiger partial charge is 0.507 e. The summed E-state index contributed by atoms with van der Waals surface area (Å²) in [5, 5.41) is 41.8. The van der Waals surface area contributed by atoms with Gasteiger partial charge < -0.3 is 19.7 Å². The Morgan fingerprint density at radius 2 is 1.73 bits per heavy atom. The number of ether oxygens (including phenoxy) is 2. The van der Waals surface area contributed by atoms with Crippen LogP contribution in [0.5, 0.6) is 17.2 Å². The molecule has 2 aliphatic rings. The van der Waals surface area contributed by atoms with Crippen LogP contribution >= 0.6 is 0 Å². The highest BCUT2D eigenvalue weighted by atomic mass is 16.6. The van der Waals surface area contributed by atoms with E-state index in [1.165, 1.54) is 42.5 Å². The molecular weight excluding hydrogens is 482 g/mol. The maximum absolute atomic E-state index is 13.3. The van der Waals surface area contributed by atoms with Crippen molar-refractivity contribution in [2.45, 2.75) is 6.04 Å². The molecule has 0 radical (unpaired) electrons. The Labute approximate surface area is 209 Å². The third kappa shape index (κ3) is 3.96. The predicted octanol–water partition coefficient (Wildman–Crippen LogP) is 3.57. The molecule has 0 bridgehead atoms. The van der Waals surface area contributed by atoms with E-state index < -0.39 is 39.9 Å². The van der Waals surface area contributed by atoms with Gasteiger partial charge in [0.05, 0.1) is 28.2 Å². The Balaban J connectivity index is 1.72. The SMILES string of the molecule is N#Cc1ccc(N2C(=O)C(=O)/C(=C(/O)c3ccc4c(c3)OCCO4)C2c2ccc(O)c([N+](=O)[O-])c2)cc1. The highest BCUT2D eigenvalue weighted by Gasteiger charge is 2.47. The average molecular weight is 499 g/mol. The van der Waals surface area contributed by atoms with Crippen LogP contribution in [0.4, 0.5) is 11.4 Å². The summed E-state index contributed by atoms with van der Waals surface area (Å²) in [5.41, 5.74) is -0.141. The molecule has 3 aromatic carbocycles. The number of nitro groups is 1. The van der Waals surface area contributed by atoms with Gasteiger partial charge in [0.25, 0.3) is 11.7 Å². The number of nitro benzene ring substituents is 1. The van der Waals surface area contributed by atoms with E-state index in [0.29, 0.717) is 23.7 Å². The average Bonchev–Trinajstić information content (AvgIpc) is 3.18. The zero-order chi connectivity index (χ0) is 26.3. The Hall–Kier alpha value is -5.37. The van der Waals surface area contributed by atoms with Crippen LogP contribution in [-0.4, -0.2) is 40.0 Å². The number of benzene rings is 3. The van der Waals surface area contributed by atoms with Gasteiger partial charge in [0.1, 0.15) is 19.0 Å². The van der Waals surface area contributed by atoms with Crippen molar-refractivity contribution in [1.82, 2.24) is 0 Å². The van der Waals surface area contributed by atoms with Crippen LogP contribution in [0.3, 0.4) is 0 Å². The molecule has 1 fully saturated rings. The molecule has 2 heterocycles. The van der Waals surface area contributed by atoms with Crippen LogP contribution in [-0.2, 0) is 9.59 Å². The quantitative estimate of drug-likeness (QED) is 0.180. The van der Waals surface area contributed by atoms with Crippen molar-refractivity contribution in [2.24, 2.45) is 0 Å². The molecule has 0 saturated carbocycles. The molecule has 0 spiro atoms. The van der Waals surface area contributed by atoms with Crippen molar-refractivity contribution in [2.75, 3.05) is 18.1 Å². The molecule has 0 aromatic heterocycles. The van der Waals surface area contributed by atoms with E-state index in [1.54, 1.807) is 6.07 Å². The highest BCUT2D eigenvalue weighted by Crippen LogP contribution is 2.44. The number of fused-ring (bicyclic) bond motifs is 1. The maximum Gasteiger partial charge on any atom is 0.311 e. The summed E-state index contributed by atoms with van der Waals surface area (Å²) in [6.07, 6.45) is 0. The Morgan fingerprint density at radius 1 is 1.03 bits per heavy atom. The van der Waals surface area contributed by atoms with E-state index in [9.17, 15) is 29.9 Å². The fraction of sp³-hybridized carbons (Fsp3) is 0.115. The highest BCUT2D eigenvalue weighted by molar-refractivity contribution is 6.51. The molecule has 11 heteroatoms. The third-order valence-electron chi connectivity index (χ3n) is 6.05. The number of ketones is 1. The number of phenols is 1. The number of hydrogen-bond acceptors (Lipinski definition) is 9. The van der Waals surface area contributed by atoms with Crippen LogP contribution in [0.25, 0.3) is 5.76 Å². The van der Waals surface area contributed by atoms with Gasteiger partial charge in [-0.3, -0.25) is 24.6 Å². The fourth-order valence-electron chi connectivity index (χ4n) is 4.31. The fourth-order valence-corrected chi connectivity index (χ4v) is 4.31. The number of nitriles is 1. The van der Waals surface area contributed by atoms with E-state index in [2.05, 4.69) is 0 Å². The number of phenolic OH excluding ortho intramolecular Hbond substituents is 1. The molecule has 3 aromatic rings. The Kier molecular flexibility index (Phi) is 5.69. The van der Waals surface area contributed by atoms with E-state index >= 15 is 0 Å². The number of anilines is 1. The number of aromatic hydroxyl groups is 1. The Bertz CT molecular complexity index is 1540. The summed E-state index contributed by atoms with van der Waals surface area (Å²) in [6.45, 7) is 0.644. The first kappa shape index (κ1) is 23.4. The summed E-state index contributed by atoms with van der Waals surface area (Å²) in [4.78, 5) is 38.3. The molecule has 1 atom stereocenters. The lowest BCUT2D eigenvalue weighted by Crippen LogP contribution is -2.29. The summed E-state index contributed by atoms with van der Waals surface area (Å²) >= 11 is 0. The Morgan fingerprint density at radius 3 is 2.41 bits per heavy atom. The normalized spacial score (nSPS) is 17.9. The van der Waals surface area contributed by atoms with Crippen molar-refractivity contribution >= 4 is 28.8 Å². The monoisotopic (exact) mass is 499 g/mol. The number of Topliss-reactive ketones (excluding diaryl/α,β-unsaturated/α-hetero) is 1. The van der Waals surface area contributed by atoms with Gasteiger partial charge in [-0.25, -0.2) is 0 Å². The van der Waals surface area contributed by atoms with E-state index in [1.807, 2.05) is 6.07 Å². The zero-order valence-electron chi connectivity index (χ0n) is 19.0. The first-order chi connectivity index (χ1) is 17.8. The molecule has 2 aliphatic heterocycles. The molecule has 1 saturated heterocycles. The predicted molar refractivity (Wildman–Crippen MR) is 128 cm³/mol. The minimum absolute atomic E-state index is 0.104. The van der Waals surface area contributed by atoms with E-state index in [0.717, 1.165) is 17.0 Å². The molecule has 2 N–H and O–H groups in total.